The molecule has 0 heterocycles. The molecule has 0 amide bonds. The van der Waals surface area contributed by atoms with Gasteiger partial charge in [0.15, 0.2) is 0 Å². The number of aromatic hydroxyl groups is 2. The fraction of sp³-hybridized carbons (Fsp3) is 0.364. The Morgan fingerprint density at radius 1 is 0.688 bits per heavy atom. The summed E-state index contributed by atoms with van der Waals surface area (Å²) in [5, 5.41) is 19.9. The zero-order chi connectivity index (χ0) is 23.5. The summed E-state index contributed by atoms with van der Waals surface area (Å²) in [6.07, 6.45) is -4.35. The van der Waals surface area contributed by atoms with Gasteiger partial charge in [0.1, 0.15) is 11.5 Å². The SMILES string of the molecule is Oc1c(C=N[C@@H]2CCCC[C@H]2N=Cc2cccc(C(F)(F)F)c2O)cccc1C(F)(F)F. The van der Waals surface area contributed by atoms with Gasteiger partial charge in [0.05, 0.1) is 23.2 Å². The highest BCUT2D eigenvalue weighted by molar-refractivity contribution is 5.85. The molecular formula is C22H20F6N2O2. The number of rotatable bonds is 4. The molecule has 2 atom stereocenters. The Hall–Kier alpha value is -3.04. The summed E-state index contributed by atoms with van der Waals surface area (Å²) in [6.45, 7) is 0. The van der Waals surface area contributed by atoms with Crippen molar-refractivity contribution in [3.63, 3.8) is 0 Å². The maximum atomic E-state index is 13.0. The summed E-state index contributed by atoms with van der Waals surface area (Å²) >= 11 is 0. The second-order valence-corrected chi connectivity index (χ2v) is 7.46. The van der Waals surface area contributed by atoms with Crippen molar-refractivity contribution in [1.82, 2.24) is 0 Å². The van der Waals surface area contributed by atoms with Crippen LogP contribution in [0.15, 0.2) is 46.4 Å². The molecule has 1 aliphatic rings. The number of alkyl halides is 6. The average molecular weight is 458 g/mol. The monoisotopic (exact) mass is 458 g/mol. The fourth-order valence-corrected chi connectivity index (χ4v) is 3.58. The Bertz CT molecular complexity index is 933. The van der Waals surface area contributed by atoms with E-state index >= 15 is 0 Å². The first-order valence-electron chi connectivity index (χ1n) is 9.83. The normalized spacial score (nSPS) is 20.3. The topological polar surface area (TPSA) is 65.2 Å². The molecule has 1 fully saturated rings. The third-order valence-electron chi connectivity index (χ3n) is 5.25. The summed E-state index contributed by atoms with van der Waals surface area (Å²) in [4.78, 5) is 8.60. The first-order valence-corrected chi connectivity index (χ1v) is 9.83. The van der Waals surface area contributed by atoms with Crippen molar-refractivity contribution >= 4 is 12.4 Å². The largest absolute Gasteiger partial charge is 0.507 e. The predicted octanol–water partition coefficient (Wildman–Crippen LogP) is 5.98. The number of hydrogen-bond acceptors (Lipinski definition) is 4. The smallest absolute Gasteiger partial charge is 0.419 e. The molecule has 0 spiro atoms. The third-order valence-corrected chi connectivity index (χ3v) is 5.25. The van der Waals surface area contributed by atoms with Crippen LogP contribution in [0.3, 0.4) is 0 Å². The number of phenols is 2. The molecule has 0 bridgehead atoms. The van der Waals surface area contributed by atoms with E-state index < -0.39 is 47.1 Å². The Morgan fingerprint density at radius 3 is 1.41 bits per heavy atom. The van der Waals surface area contributed by atoms with Gasteiger partial charge in [-0.05, 0) is 37.1 Å². The van der Waals surface area contributed by atoms with Crippen LogP contribution >= 0.6 is 0 Å². The van der Waals surface area contributed by atoms with E-state index in [1.807, 2.05) is 0 Å². The van der Waals surface area contributed by atoms with E-state index in [4.69, 9.17) is 0 Å². The van der Waals surface area contributed by atoms with Crippen LogP contribution in [-0.2, 0) is 12.4 Å². The van der Waals surface area contributed by atoms with Gasteiger partial charge in [-0.25, -0.2) is 0 Å². The van der Waals surface area contributed by atoms with Crippen molar-refractivity contribution in [2.24, 2.45) is 9.98 Å². The zero-order valence-electron chi connectivity index (χ0n) is 16.7. The van der Waals surface area contributed by atoms with Crippen LogP contribution in [-0.4, -0.2) is 34.7 Å². The van der Waals surface area contributed by atoms with E-state index in [1.165, 1.54) is 12.1 Å². The van der Waals surface area contributed by atoms with Gasteiger partial charge >= 0.3 is 12.4 Å². The number of aliphatic imine (C=N–C) groups is 2. The Kier molecular flexibility index (Phi) is 6.80. The Labute approximate surface area is 180 Å². The molecule has 0 radical (unpaired) electrons. The van der Waals surface area contributed by atoms with Gasteiger partial charge < -0.3 is 10.2 Å². The summed E-state index contributed by atoms with van der Waals surface area (Å²) in [5.74, 6) is -1.85. The minimum Gasteiger partial charge on any atom is -0.507 e. The van der Waals surface area contributed by atoms with Crippen LogP contribution < -0.4 is 0 Å². The second kappa shape index (κ2) is 9.22. The molecule has 1 aliphatic carbocycles. The standard InChI is InChI=1S/C22H20F6N2O2/c23-21(24,25)15-7-3-5-13(19(15)31)11-29-17-9-1-2-10-18(17)30-12-14-6-4-8-16(20(14)32)22(26,27)28/h3-8,11-12,17-18,31-32H,1-2,9-10H2/t17-,18-/m1/s1. The number of nitrogens with zero attached hydrogens (tertiary/aromatic N) is 2. The first kappa shape index (κ1) is 23.6. The molecule has 10 heteroatoms. The lowest BCUT2D eigenvalue weighted by Crippen LogP contribution is -2.27. The minimum absolute atomic E-state index is 0.0938. The second-order valence-electron chi connectivity index (χ2n) is 7.46. The van der Waals surface area contributed by atoms with Crippen molar-refractivity contribution in [3.8, 4) is 11.5 Å². The van der Waals surface area contributed by atoms with Gasteiger partial charge in [-0.15, -0.1) is 0 Å². The highest BCUT2D eigenvalue weighted by Crippen LogP contribution is 2.38. The number of phenolic OH excluding ortho intramolecular Hbond substituents is 2. The number of benzene rings is 2. The van der Waals surface area contributed by atoms with E-state index in [2.05, 4.69) is 9.98 Å². The van der Waals surface area contributed by atoms with Gasteiger partial charge in [0, 0.05) is 23.6 Å². The highest BCUT2D eigenvalue weighted by Gasteiger charge is 2.35. The average Bonchev–Trinajstić information content (AvgIpc) is 2.71. The number of halogens is 6. The molecule has 1 saturated carbocycles. The van der Waals surface area contributed by atoms with Gasteiger partial charge in [0.25, 0.3) is 0 Å². The fourth-order valence-electron chi connectivity index (χ4n) is 3.58. The predicted molar refractivity (Wildman–Crippen MR) is 107 cm³/mol. The zero-order valence-corrected chi connectivity index (χ0v) is 16.7. The van der Waals surface area contributed by atoms with E-state index in [0.717, 1.165) is 49.5 Å². The summed E-state index contributed by atoms with van der Waals surface area (Å²) in [5.41, 5.74) is -2.52. The van der Waals surface area contributed by atoms with E-state index in [0.29, 0.717) is 12.8 Å². The summed E-state index contributed by atoms with van der Waals surface area (Å²) < 4.78 is 77.8. The van der Waals surface area contributed by atoms with Crippen LogP contribution in [0, 0.1) is 0 Å². The highest BCUT2D eigenvalue weighted by atomic mass is 19.4. The van der Waals surface area contributed by atoms with Crippen LogP contribution in [0.25, 0.3) is 0 Å². The Morgan fingerprint density at radius 2 is 1.06 bits per heavy atom. The number of hydrogen-bond donors (Lipinski definition) is 2. The van der Waals surface area contributed by atoms with E-state index in [1.54, 1.807) is 0 Å². The molecular weight excluding hydrogens is 438 g/mol. The molecule has 4 nitrogen and oxygen atoms in total. The molecule has 3 rings (SSSR count). The lowest BCUT2D eigenvalue weighted by molar-refractivity contribution is -0.139. The number of para-hydroxylation sites is 2. The molecule has 2 aromatic rings. The van der Waals surface area contributed by atoms with Gasteiger partial charge in [-0.1, -0.05) is 25.0 Å². The molecule has 2 aromatic carbocycles. The van der Waals surface area contributed by atoms with Crippen molar-refractivity contribution < 1.29 is 36.6 Å². The molecule has 172 valence electrons. The quantitative estimate of drug-likeness (QED) is 0.437. The minimum atomic E-state index is -4.71. The molecule has 0 aliphatic heterocycles. The molecule has 0 saturated heterocycles. The van der Waals surface area contributed by atoms with Crippen molar-refractivity contribution in [2.45, 2.75) is 50.1 Å². The van der Waals surface area contributed by atoms with Gasteiger partial charge in [-0.3, -0.25) is 9.98 Å². The molecule has 32 heavy (non-hydrogen) atoms. The molecule has 0 unspecified atom stereocenters. The van der Waals surface area contributed by atoms with Crippen molar-refractivity contribution in [1.29, 1.82) is 0 Å². The van der Waals surface area contributed by atoms with Gasteiger partial charge in [0.2, 0.25) is 0 Å². The van der Waals surface area contributed by atoms with Crippen LogP contribution in [0.4, 0.5) is 26.3 Å². The molecule has 2 N–H and O–H groups in total. The lowest BCUT2D eigenvalue weighted by Gasteiger charge is -2.25. The van der Waals surface area contributed by atoms with Crippen LogP contribution in [0.2, 0.25) is 0 Å². The summed E-state index contributed by atoms with van der Waals surface area (Å²) in [6, 6.07) is 5.60. The van der Waals surface area contributed by atoms with Crippen LogP contribution in [0.1, 0.15) is 47.9 Å². The third kappa shape index (κ3) is 5.41. The van der Waals surface area contributed by atoms with Crippen LogP contribution in [0.5, 0.6) is 11.5 Å². The maximum Gasteiger partial charge on any atom is 0.419 e. The molecule has 0 aromatic heterocycles. The first-order chi connectivity index (χ1) is 15.0. The van der Waals surface area contributed by atoms with E-state index in [9.17, 15) is 36.6 Å². The van der Waals surface area contributed by atoms with Gasteiger partial charge in [-0.2, -0.15) is 26.3 Å². The lowest BCUT2D eigenvalue weighted by atomic mass is 9.91. The summed E-state index contributed by atoms with van der Waals surface area (Å²) in [7, 11) is 0. The van der Waals surface area contributed by atoms with Crippen molar-refractivity contribution in [2.75, 3.05) is 0 Å². The maximum absolute atomic E-state index is 13.0. The van der Waals surface area contributed by atoms with Crippen molar-refractivity contribution in [3.05, 3.63) is 58.7 Å². The Balaban J connectivity index is 1.82. The van der Waals surface area contributed by atoms with E-state index in [-0.39, 0.29) is 11.1 Å².